The molecule has 0 atom stereocenters. The maximum atomic E-state index is 11.8. The van der Waals surface area contributed by atoms with Crippen molar-refractivity contribution in [1.29, 1.82) is 0 Å². The van der Waals surface area contributed by atoms with Gasteiger partial charge < -0.3 is 9.73 Å². The van der Waals surface area contributed by atoms with Gasteiger partial charge in [-0.1, -0.05) is 12.1 Å². The van der Waals surface area contributed by atoms with E-state index in [9.17, 15) is 9.59 Å². The van der Waals surface area contributed by atoms with E-state index in [1.807, 2.05) is 6.07 Å². The van der Waals surface area contributed by atoms with Crippen LogP contribution >= 0.6 is 0 Å². The Morgan fingerprint density at radius 3 is 2.79 bits per heavy atom. The van der Waals surface area contributed by atoms with Crippen molar-refractivity contribution < 1.29 is 14.0 Å². The summed E-state index contributed by atoms with van der Waals surface area (Å²) in [5.41, 5.74) is 6.62. The summed E-state index contributed by atoms with van der Waals surface area (Å²) in [5, 5.41) is 6.49. The zero-order chi connectivity index (χ0) is 16.9. The number of nitrogens with one attached hydrogen (secondary N) is 2. The van der Waals surface area contributed by atoms with Crippen LogP contribution in [-0.2, 0) is 29.0 Å². The Balaban J connectivity index is 1.55. The molecule has 1 aliphatic carbocycles. The molecule has 0 unspecified atom stereocenters. The van der Waals surface area contributed by atoms with E-state index in [1.54, 1.807) is 19.1 Å². The third-order valence-corrected chi connectivity index (χ3v) is 4.05. The van der Waals surface area contributed by atoms with Crippen molar-refractivity contribution in [2.45, 2.75) is 32.7 Å². The molecule has 6 heteroatoms. The molecule has 3 rings (SSSR count). The summed E-state index contributed by atoms with van der Waals surface area (Å²) in [5.74, 6) is -0.979. The molecule has 24 heavy (non-hydrogen) atoms. The van der Waals surface area contributed by atoms with E-state index in [-0.39, 0.29) is 6.54 Å². The Bertz CT molecular complexity index is 779. The summed E-state index contributed by atoms with van der Waals surface area (Å²) in [6.45, 7) is 1.96. The number of carbonyl (C=O) groups excluding carboxylic acids is 2. The van der Waals surface area contributed by atoms with E-state index >= 15 is 0 Å². The molecule has 1 aromatic carbocycles. The number of benzene rings is 1. The molecule has 0 aliphatic heterocycles. The van der Waals surface area contributed by atoms with Gasteiger partial charge in [-0.3, -0.25) is 9.59 Å². The minimum atomic E-state index is -0.804. The van der Waals surface area contributed by atoms with E-state index < -0.39 is 11.8 Å². The first-order valence-electron chi connectivity index (χ1n) is 7.90. The van der Waals surface area contributed by atoms with E-state index in [2.05, 4.69) is 28.0 Å². The van der Waals surface area contributed by atoms with Crippen molar-refractivity contribution in [3.8, 4) is 0 Å². The minimum Gasteiger partial charge on any atom is -0.467 e. The molecule has 0 fully saturated rings. The molecule has 1 aliphatic rings. The Labute approximate surface area is 139 Å². The molecule has 0 radical (unpaired) electrons. The Kier molecular flexibility index (Phi) is 4.74. The van der Waals surface area contributed by atoms with Gasteiger partial charge in [0.15, 0.2) is 0 Å². The van der Waals surface area contributed by atoms with Crippen LogP contribution in [0.2, 0.25) is 0 Å². The number of fused-ring (bicyclic) bond motifs is 1. The zero-order valence-electron chi connectivity index (χ0n) is 13.5. The first-order chi connectivity index (χ1) is 11.6. The van der Waals surface area contributed by atoms with Gasteiger partial charge in [-0.05, 0) is 61.1 Å². The monoisotopic (exact) mass is 325 g/mol. The van der Waals surface area contributed by atoms with Gasteiger partial charge in [-0.25, -0.2) is 5.43 Å². The maximum absolute atomic E-state index is 11.8. The van der Waals surface area contributed by atoms with Gasteiger partial charge in [0, 0.05) is 0 Å². The van der Waals surface area contributed by atoms with Gasteiger partial charge in [0.05, 0.1) is 18.5 Å². The molecule has 6 nitrogen and oxygen atoms in total. The molecule has 0 bridgehead atoms. The van der Waals surface area contributed by atoms with Gasteiger partial charge >= 0.3 is 11.8 Å². The van der Waals surface area contributed by atoms with Crippen molar-refractivity contribution in [3.63, 3.8) is 0 Å². The molecule has 2 aromatic rings. The highest BCUT2D eigenvalue weighted by Crippen LogP contribution is 2.23. The summed E-state index contributed by atoms with van der Waals surface area (Å²) >= 11 is 0. The van der Waals surface area contributed by atoms with Gasteiger partial charge in [-0.2, -0.15) is 5.10 Å². The topological polar surface area (TPSA) is 83.7 Å². The summed E-state index contributed by atoms with van der Waals surface area (Å²) < 4.78 is 5.08. The molecule has 0 spiro atoms. The lowest BCUT2D eigenvalue weighted by molar-refractivity contribution is -0.139. The Morgan fingerprint density at radius 1 is 1.17 bits per heavy atom. The second-order valence-electron chi connectivity index (χ2n) is 5.74. The molecule has 124 valence electrons. The fourth-order valence-corrected chi connectivity index (χ4v) is 2.71. The number of amides is 2. The average Bonchev–Trinajstić information content (AvgIpc) is 3.27. The fourth-order valence-electron chi connectivity index (χ4n) is 2.71. The van der Waals surface area contributed by atoms with Gasteiger partial charge in [0.2, 0.25) is 0 Å². The van der Waals surface area contributed by atoms with E-state index in [1.165, 1.54) is 23.8 Å². The van der Waals surface area contributed by atoms with Crippen LogP contribution < -0.4 is 10.7 Å². The number of carbonyl (C=O) groups is 2. The van der Waals surface area contributed by atoms with E-state index in [4.69, 9.17) is 4.42 Å². The first-order valence-corrected chi connectivity index (χ1v) is 7.90. The summed E-state index contributed by atoms with van der Waals surface area (Å²) in [6.07, 6.45) is 4.89. The summed E-state index contributed by atoms with van der Waals surface area (Å²) in [7, 11) is 0. The SMILES string of the molecule is C/C(=N/NC(=O)C(=O)NCc1ccco1)c1ccc2c(c1)CCC2. The highest BCUT2D eigenvalue weighted by atomic mass is 16.3. The predicted octanol–water partition coefficient (Wildman–Crippen LogP) is 1.92. The number of nitrogens with zero attached hydrogens (tertiary/aromatic N) is 1. The number of hydrogen-bond donors (Lipinski definition) is 2. The minimum absolute atomic E-state index is 0.159. The Hall–Kier alpha value is -2.89. The standard InChI is InChI=1S/C18H19N3O3/c1-12(14-8-7-13-4-2-5-15(13)10-14)20-21-18(23)17(22)19-11-16-6-3-9-24-16/h3,6-10H,2,4-5,11H2,1H3,(H,19,22)(H,21,23)/b20-12-. The number of aryl methyl sites for hydroxylation is 2. The van der Waals surface area contributed by atoms with Crippen molar-refractivity contribution in [3.05, 3.63) is 59.0 Å². The second kappa shape index (κ2) is 7.12. The summed E-state index contributed by atoms with van der Waals surface area (Å²) in [4.78, 5) is 23.5. The highest BCUT2D eigenvalue weighted by Gasteiger charge is 2.14. The number of rotatable bonds is 4. The zero-order valence-corrected chi connectivity index (χ0v) is 13.5. The van der Waals surface area contributed by atoms with Crippen molar-refractivity contribution in [2.24, 2.45) is 5.10 Å². The van der Waals surface area contributed by atoms with Crippen molar-refractivity contribution >= 4 is 17.5 Å². The third-order valence-electron chi connectivity index (χ3n) is 4.05. The highest BCUT2D eigenvalue weighted by molar-refractivity contribution is 6.35. The first kappa shape index (κ1) is 16.0. The second-order valence-corrected chi connectivity index (χ2v) is 5.74. The molecular weight excluding hydrogens is 306 g/mol. The fraction of sp³-hybridized carbons (Fsp3) is 0.278. The van der Waals surface area contributed by atoms with Crippen molar-refractivity contribution in [1.82, 2.24) is 10.7 Å². The molecule has 1 heterocycles. The van der Waals surface area contributed by atoms with Gasteiger partial charge in [0.1, 0.15) is 5.76 Å². The van der Waals surface area contributed by atoms with E-state index in [0.717, 1.165) is 18.4 Å². The molecule has 0 saturated heterocycles. The molecular formula is C18H19N3O3. The number of hydrazone groups is 1. The number of furan rings is 1. The molecule has 2 amide bonds. The van der Waals surface area contributed by atoms with Crippen LogP contribution in [-0.4, -0.2) is 17.5 Å². The smallest absolute Gasteiger partial charge is 0.329 e. The van der Waals surface area contributed by atoms with Crippen LogP contribution in [0.5, 0.6) is 0 Å². The normalized spacial score (nSPS) is 13.5. The lowest BCUT2D eigenvalue weighted by Crippen LogP contribution is -2.37. The lowest BCUT2D eigenvalue weighted by Gasteiger charge is -2.06. The third kappa shape index (κ3) is 3.71. The maximum Gasteiger partial charge on any atom is 0.329 e. The number of hydrogen-bond acceptors (Lipinski definition) is 4. The molecule has 2 N–H and O–H groups in total. The Morgan fingerprint density at radius 2 is 2.00 bits per heavy atom. The lowest BCUT2D eigenvalue weighted by atomic mass is 10.0. The van der Waals surface area contributed by atoms with Crippen molar-refractivity contribution in [2.75, 3.05) is 0 Å². The van der Waals surface area contributed by atoms with Crippen LogP contribution in [0.15, 0.2) is 46.1 Å². The predicted molar refractivity (Wildman–Crippen MR) is 89.4 cm³/mol. The van der Waals surface area contributed by atoms with Crippen LogP contribution in [0.3, 0.4) is 0 Å². The van der Waals surface area contributed by atoms with Crippen LogP contribution in [0.1, 0.15) is 35.8 Å². The molecule has 0 saturated carbocycles. The van der Waals surface area contributed by atoms with Crippen LogP contribution in [0, 0.1) is 0 Å². The van der Waals surface area contributed by atoms with E-state index in [0.29, 0.717) is 11.5 Å². The summed E-state index contributed by atoms with van der Waals surface area (Å²) in [6, 6.07) is 9.63. The molecule has 1 aromatic heterocycles. The largest absolute Gasteiger partial charge is 0.467 e. The quantitative estimate of drug-likeness (QED) is 0.512. The van der Waals surface area contributed by atoms with Crippen LogP contribution in [0.4, 0.5) is 0 Å². The van der Waals surface area contributed by atoms with Gasteiger partial charge in [-0.15, -0.1) is 0 Å². The average molecular weight is 325 g/mol. The van der Waals surface area contributed by atoms with Gasteiger partial charge in [0.25, 0.3) is 0 Å². The van der Waals surface area contributed by atoms with Crippen LogP contribution in [0.25, 0.3) is 0 Å².